The first kappa shape index (κ1) is 10.9. The Kier molecular flexibility index (Phi) is 3.37. The van der Waals surface area contributed by atoms with Crippen molar-refractivity contribution < 1.29 is 4.74 Å². The third-order valence-electron chi connectivity index (χ3n) is 2.25. The van der Waals surface area contributed by atoms with E-state index >= 15 is 0 Å². The predicted molar refractivity (Wildman–Crippen MR) is 63.6 cm³/mol. The molecule has 2 heterocycles. The zero-order valence-corrected chi connectivity index (χ0v) is 9.61. The number of halogens is 1. The predicted octanol–water partition coefficient (Wildman–Crippen LogP) is 2.89. The van der Waals surface area contributed by atoms with E-state index in [0.717, 1.165) is 16.8 Å². The summed E-state index contributed by atoms with van der Waals surface area (Å²) < 4.78 is 5.21. The SMILES string of the molecule is COc1ncccc1-c1ncccc1CCl. The van der Waals surface area contributed by atoms with Crippen molar-refractivity contribution in [3.05, 3.63) is 42.2 Å². The molecule has 2 aromatic rings. The van der Waals surface area contributed by atoms with Crippen LogP contribution < -0.4 is 4.74 Å². The number of nitrogens with zero attached hydrogens (tertiary/aromatic N) is 2. The molecule has 0 aliphatic heterocycles. The normalized spacial score (nSPS) is 10.1. The number of ether oxygens (including phenoxy) is 1. The molecule has 16 heavy (non-hydrogen) atoms. The van der Waals surface area contributed by atoms with Gasteiger partial charge in [0.1, 0.15) is 0 Å². The van der Waals surface area contributed by atoms with Gasteiger partial charge in [-0.1, -0.05) is 6.07 Å². The Balaban J connectivity index is 2.58. The molecule has 0 aromatic carbocycles. The second-order valence-corrected chi connectivity index (χ2v) is 3.47. The molecular formula is C12H11ClN2O. The minimum absolute atomic E-state index is 0.418. The topological polar surface area (TPSA) is 35.0 Å². The average Bonchev–Trinajstić information content (AvgIpc) is 2.38. The molecule has 0 aliphatic carbocycles. The van der Waals surface area contributed by atoms with E-state index < -0.39 is 0 Å². The summed E-state index contributed by atoms with van der Waals surface area (Å²) in [4.78, 5) is 8.47. The van der Waals surface area contributed by atoms with Gasteiger partial charge < -0.3 is 4.74 Å². The molecule has 0 amide bonds. The highest BCUT2D eigenvalue weighted by Crippen LogP contribution is 2.28. The highest BCUT2D eigenvalue weighted by molar-refractivity contribution is 6.17. The van der Waals surface area contributed by atoms with Crippen LogP contribution in [-0.2, 0) is 5.88 Å². The summed E-state index contributed by atoms with van der Waals surface area (Å²) in [5, 5.41) is 0. The first-order valence-corrected chi connectivity index (χ1v) is 5.39. The van der Waals surface area contributed by atoms with Gasteiger partial charge in [0.25, 0.3) is 0 Å². The van der Waals surface area contributed by atoms with Gasteiger partial charge in [0, 0.05) is 18.3 Å². The molecule has 2 rings (SSSR count). The van der Waals surface area contributed by atoms with Crippen molar-refractivity contribution in [1.29, 1.82) is 0 Å². The first-order valence-electron chi connectivity index (χ1n) is 4.86. The summed E-state index contributed by atoms with van der Waals surface area (Å²) >= 11 is 5.88. The Labute approximate surface area is 99.1 Å². The number of aromatic nitrogens is 2. The van der Waals surface area contributed by atoms with Crippen LogP contribution in [0.4, 0.5) is 0 Å². The van der Waals surface area contributed by atoms with Crippen LogP contribution in [0.25, 0.3) is 11.3 Å². The summed E-state index contributed by atoms with van der Waals surface area (Å²) in [5.41, 5.74) is 2.65. The van der Waals surface area contributed by atoms with Crippen molar-refractivity contribution >= 4 is 11.6 Å². The van der Waals surface area contributed by atoms with E-state index in [0.29, 0.717) is 11.8 Å². The van der Waals surface area contributed by atoms with Gasteiger partial charge in [-0.3, -0.25) is 4.98 Å². The molecule has 0 saturated heterocycles. The molecule has 82 valence electrons. The molecule has 0 radical (unpaired) electrons. The molecule has 3 nitrogen and oxygen atoms in total. The Morgan fingerprint density at radius 2 is 1.94 bits per heavy atom. The van der Waals surface area contributed by atoms with E-state index in [2.05, 4.69) is 9.97 Å². The minimum atomic E-state index is 0.418. The molecule has 2 aromatic heterocycles. The van der Waals surface area contributed by atoms with Gasteiger partial charge in [-0.15, -0.1) is 11.6 Å². The number of hydrogen-bond acceptors (Lipinski definition) is 3. The number of hydrogen-bond donors (Lipinski definition) is 0. The summed E-state index contributed by atoms with van der Waals surface area (Å²) in [7, 11) is 1.59. The lowest BCUT2D eigenvalue weighted by Gasteiger charge is -2.08. The largest absolute Gasteiger partial charge is 0.481 e. The minimum Gasteiger partial charge on any atom is -0.481 e. The smallest absolute Gasteiger partial charge is 0.222 e. The molecular weight excluding hydrogens is 224 g/mol. The van der Waals surface area contributed by atoms with Crippen molar-refractivity contribution in [2.24, 2.45) is 0 Å². The molecule has 0 spiro atoms. The van der Waals surface area contributed by atoms with E-state index in [1.54, 1.807) is 19.5 Å². The molecule has 0 saturated carbocycles. The van der Waals surface area contributed by atoms with E-state index in [4.69, 9.17) is 16.3 Å². The lowest BCUT2D eigenvalue weighted by Crippen LogP contribution is -1.95. The van der Waals surface area contributed by atoms with Crippen LogP contribution in [-0.4, -0.2) is 17.1 Å². The van der Waals surface area contributed by atoms with Crippen LogP contribution in [0.3, 0.4) is 0 Å². The van der Waals surface area contributed by atoms with Gasteiger partial charge >= 0.3 is 0 Å². The first-order chi connectivity index (χ1) is 7.86. The molecule has 0 N–H and O–H groups in total. The second-order valence-electron chi connectivity index (χ2n) is 3.21. The Morgan fingerprint density at radius 1 is 1.19 bits per heavy atom. The number of rotatable bonds is 3. The molecule has 0 unspecified atom stereocenters. The maximum absolute atomic E-state index is 5.88. The summed E-state index contributed by atoms with van der Waals surface area (Å²) in [5.74, 6) is 0.980. The summed E-state index contributed by atoms with van der Waals surface area (Å²) in [6, 6.07) is 7.58. The highest BCUT2D eigenvalue weighted by atomic mass is 35.5. The quantitative estimate of drug-likeness (QED) is 0.766. The van der Waals surface area contributed by atoms with Gasteiger partial charge in [-0.05, 0) is 23.8 Å². The van der Waals surface area contributed by atoms with Gasteiger partial charge in [-0.25, -0.2) is 4.98 Å². The number of methoxy groups -OCH3 is 1. The van der Waals surface area contributed by atoms with Crippen molar-refractivity contribution in [3.8, 4) is 17.1 Å². The lowest BCUT2D eigenvalue weighted by atomic mass is 10.1. The van der Waals surface area contributed by atoms with Crippen molar-refractivity contribution in [3.63, 3.8) is 0 Å². The molecule has 4 heteroatoms. The zero-order valence-electron chi connectivity index (χ0n) is 8.85. The summed E-state index contributed by atoms with van der Waals surface area (Å²) in [6.07, 6.45) is 3.42. The van der Waals surface area contributed by atoms with E-state index in [1.165, 1.54) is 0 Å². The Bertz CT molecular complexity index is 442. The maximum atomic E-state index is 5.88. The third-order valence-corrected chi connectivity index (χ3v) is 2.54. The monoisotopic (exact) mass is 234 g/mol. The Hall–Kier alpha value is -1.61. The standard InChI is InChI=1S/C12H11ClN2O/c1-16-12-10(5-3-7-15-12)11-9(8-13)4-2-6-14-11/h2-7H,8H2,1H3. The van der Waals surface area contributed by atoms with E-state index in [9.17, 15) is 0 Å². The van der Waals surface area contributed by atoms with E-state index in [-0.39, 0.29) is 0 Å². The third kappa shape index (κ3) is 1.99. The van der Waals surface area contributed by atoms with Gasteiger partial charge in [0.15, 0.2) is 0 Å². The second kappa shape index (κ2) is 4.94. The zero-order chi connectivity index (χ0) is 11.4. The maximum Gasteiger partial charge on any atom is 0.222 e. The van der Waals surface area contributed by atoms with E-state index in [1.807, 2.05) is 24.3 Å². The van der Waals surface area contributed by atoms with Crippen LogP contribution in [0.15, 0.2) is 36.7 Å². The van der Waals surface area contributed by atoms with Gasteiger partial charge in [-0.2, -0.15) is 0 Å². The van der Waals surface area contributed by atoms with Gasteiger partial charge in [0.05, 0.1) is 18.4 Å². The van der Waals surface area contributed by atoms with Crippen molar-refractivity contribution in [2.45, 2.75) is 5.88 Å². The van der Waals surface area contributed by atoms with Gasteiger partial charge in [0.2, 0.25) is 5.88 Å². The van der Waals surface area contributed by atoms with Crippen LogP contribution in [0.1, 0.15) is 5.56 Å². The van der Waals surface area contributed by atoms with Crippen LogP contribution in [0.2, 0.25) is 0 Å². The average molecular weight is 235 g/mol. The molecule has 0 fully saturated rings. The van der Waals surface area contributed by atoms with Crippen LogP contribution in [0.5, 0.6) is 5.88 Å². The fourth-order valence-corrected chi connectivity index (χ4v) is 1.74. The summed E-state index contributed by atoms with van der Waals surface area (Å²) in [6.45, 7) is 0. The van der Waals surface area contributed by atoms with Crippen molar-refractivity contribution in [1.82, 2.24) is 9.97 Å². The fourth-order valence-electron chi connectivity index (χ4n) is 1.52. The number of pyridine rings is 2. The molecule has 0 bridgehead atoms. The lowest BCUT2D eigenvalue weighted by molar-refractivity contribution is 0.399. The van der Waals surface area contributed by atoms with Crippen LogP contribution in [0, 0.1) is 0 Å². The molecule has 0 atom stereocenters. The fraction of sp³-hybridized carbons (Fsp3) is 0.167. The van der Waals surface area contributed by atoms with Crippen molar-refractivity contribution in [2.75, 3.05) is 7.11 Å². The van der Waals surface area contributed by atoms with Crippen LogP contribution >= 0.6 is 11.6 Å². The Morgan fingerprint density at radius 3 is 2.69 bits per heavy atom. The number of alkyl halides is 1. The molecule has 0 aliphatic rings. The highest BCUT2D eigenvalue weighted by Gasteiger charge is 2.10.